The minimum Gasteiger partial charge on any atom is -0.392 e. The van der Waals surface area contributed by atoms with Crippen LogP contribution >= 0.6 is 0 Å². The monoisotopic (exact) mass is 263 g/mol. The van der Waals surface area contributed by atoms with Gasteiger partial charge in [-0.05, 0) is 24.1 Å². The van der Waals surface area contributed by atoms with Crippen molar-refractivity contribution in [2.75, 3.05) is 6.54 Å². The van der Waals surface area contributed by atoms with Crippen molar-refractivity contribution in [2.24, 2.45) is 5.73 Å². The van der Waals surface area contributed by atoms with E-state index in [1.54, 1.807) is 18.2 Å². The summed E-state index contributed by atoms with van der Waals surface area (Å²) in [6, 6.07) is 6.46. The van der Waals surface area contributed by atoms with Gasteiger partial charge in [0.1, 0.15) is 0 Å². The Labute approximate surface area is 111 Å². The van der Waals surface area contributed by atoms with Crippen molar-refractivity contribution in [1.29, 1.82) is 0 Å². The van der Waals surface area contributed by atoms with Gasteiger partial charge < -0.3 is 21.5 Å². The smallest absolute Gasteiger partial charge is 0.248 e. The molecule has 1 aromatic rings. The molecular weight excluding hydrogens is 246 g/mol. The Morgan fingerprint density at radius 3 is 2.89 bits per heavy atom. The fourth-order valence-electron chi connectivity index (χ4n) is 2.06. The van der Waals surface area contributed by atoms with Crippen LogP contribution in [0.1, 0.15) is 22.3 Å². The molecule has 0 bridgehead atoms. The number of primary amides is 1. The number of hydrogen-bond acceptors (Lipinski definition) is 4. The molecule has 19 heavy (non-hydrogen) atoms. The second kappa shape index (κ2) is 5.81. The molecule has 102 valence electrons. The van der Waals surface area contributed by atoms with Crippen molar-refractivity contribution in [3.8, 4) is 0 Å². The average Bonchev–Trinajstić information content (AvgIpc) is 2.83. The second-order valence-corrected chi connectivity index (χ2v) is 4.63. The van der Waals surface area contributed by atoms with Crippen molar-refractivity contribution < 1.29 is 14.7 Å². The van der Waals surface area contributed by atoms with E-state index < -0.39 is 12.0 Å². The predicted octanol–water partition coefficient (Wildman–Crippen LogP) is -0.876. The first-order valence-electron chi connectivity index (χ1n) is 6.14. The second-order valence-electron chi connectivity index (χ2n) is 4.63. The summed E-state index contributed by atoms with van der Waals surface area (Å²) >= 11 is 0. The first-order chi connectivity index (χ1) is 9.06. The highest BCUT2D eigenvalue weighted by Crippen LogP contribution is 2.08. The number of benzene rings is 1. The quantitative estimate of drug-likeness (QED) is 0.566. The molecule has 2 rings (SSSR count). The Bertz CT molecular complexity index is 490. The van der Waals surface area contributed by atoms with Crippen LogP contribution in [0.25, 0.3) is 0 Å². The lowest BCUT2D eigenvalue weighted by atomic mass is 10.1. The van der Waals surface area contributed by atoms with E-state index in [1.807, 2.05) is 6.07 Å². The van der Waals surface area contributed by atoms with Crippen LogP contribution < -0.4 is 16.4 Å². The van der Waals surface area contributed by atoms with Crippen molar-refractivity contribution in [3.05, 3.63) is 35.4 Å². The van der Waals surface area contributed by atoms with Crippen molar-refractivity contribution in [3.63, 3.8) is 0 Å². The summed E-state index contributed by atoms with van der Waals surface area (Å²) in [6.07, 6.45) is -0.0402. The van der Waals surface area contributed by atoms with Gasteiger partial charge >= 0.3 is 0 Å². The van der Waals surface area contributed by atoms with E-state index in [2.05, 4.69) is 10.6 Å². The number of β-amino-alcohol motifs (C(OH)–C–C–N with tert-alkyl or cyclic N) is 1. The Morgan fingerprint density at radius 2 is 2.26 bits per heavy atom. The van der Waals surface area contributed by atoms with Crippen LogP contribution in [-0.2, 0) is 11.3 Å². The molecule has 1 heterocycles. The molecule has 1 aliphatic rings. The van der Waals surface area contributed by atoms with Gasteiger partial charge in [-0.15, -0.1) is 0 Å². The third kappa shape index (κ3) is 3.52. The first kappa shape index (κ1) is 13.5. The maximum atomic E-state index is 11.8. The third-order valence-electron chi connectivity index (χ3n) is 3.10. The Morgan fingerprint density at radius 1 is 1.47 bits per heavy atom. The molecule has 2 amide bonds. The van der Waals surface area contributed by atoms with Gasteiger partial charge in [0.15, 0.2) is 0 Å². The maximum Gasteiger partial charge on any atom is 0.248 e. The van der Waals surface area contributed by atoms with Crippen molar-refractivity contribution in [1.82, 2.24) is 10.6 Å². The lowest BCUT2D eigenvalue weighted by Gasteiger charge is -2.11. The highest BCUT2D eigenvalue weighted by atomic mass is 16.3. The Hall–Kier alpha value is -1.92. The molecule has 1 aliphatic heterocycles. The highest BCUT2D eigenvalue weighted by molar-refractivity contribution is 5.92. The lowest BCUT2D eigenvalue weighted by molar-refractivity contribution is -0.123. The Balaban J connectivity index is 1.90. The first-order valence-corrected chi connectivity index (χ1v) is 6.14. The zero-order valence-electron chi connectivity index (χ0n) is 10.4. The molecule has 0 aliphatic carbocycles. The zero-order valence-corrected chi connectivity index (χ0v) is 10.4. The zero-order chi connectivity index (χ0) is 13.8. The lowest BCUT2D eigenvalue weighted by Crippen LogP contribution is -2.40. The van der Waals surface area contributed by atoms with Crippen LogP contribution in [0.15, 0.2) is 24.3 Å². The number of amides is 2. The van der Waals surface area contributed by atoms with Gasteiger partial charge in [0.2, 0.25) is 11.8 Å². The number of nitrogens with two attached hydrogens (primary N) is 1. The van der Waals surface area contributed by atoms with E-state index >= 15 is 0 Å². The van der Waals surface area contributed by atoms with E-state index in [0.29, 0.717) is 25.1 Å². The minimum absolute atomic E-state index is 0.152. The fourth-order valence-corrected chi connectivity index (χ4v) is 2.06. The number of carbonyl (C=O) groups excluding carboxylic acids is 2. The third-order valence-corrected chi connectivity index (χ3v) is 3.10. The standard InChI is InChI=1S/C13H17N3O3/c14-12(18)9-3-1-2-8(4-9)6-16-13(19)11-5-10(17)7-15-11/h1-4,10-11,15,17H,5-7H2,(H2,14,18)(H,16,19). The summed E-state index contributed by atoms with van der Waals surface area (Å²) in [7, 11) is 0. The van der Waals surface area contributed by atoms with Crippen LogP contribution in [0.2, 0.25) is 0 Å². The fraction of sp³-hybridized carbons (Fsp3) is 0.385. The van der Waals surface area contributed by atoms with Crippen LogP contribution in [0, 0.1) is 0 Å². The van der Waals surface area contributed by atoms with Gasteiger partial charge in [-0.2, -0.15) is 0 Å². The number of rotatable bonds is 4. The molecule has 2 unspecified atom stereocenters. The van der Waals surface area contributed by atoms with Crippen LogP contribution in [0.4, 0.5) is 0 Å². The number of nitrogens with one attached hydrogen (secondary N) is 2. The molecule has 0 saturated carbocycles. The molecule has 0 spiro atoms. The topological polar surface area (TPSA) is 104 Å². The summed E-state index contributed by atoms with van der Waals surface area (Å²) in [5, 5.41) is 15.0. The molecule has 1 aromatic carbocycles. The summed E-state index contributed by atoms with van der Waals surface area (Å²) in [6.45, 7) is 0.767. The molecule has 6 nitrogen and oxygen atoms in total. The summed E-state index contributed by atoms with van der Waals surface area (Å²) in [5.74, 6) is -0.644. The van der Waals surface area contributed by atoms with Gasteiger partial charge in [0.25, 0.3) is 0 Å². The number of aliphatic hydroxyl groups excluding tert-OH is 1. The van der Waals surface area contributed by atoms with Crippen molar-refractivity contribution >= 4 is 11.8 Å². The maximum absolute atomic E-state index is 11.8. The van der Waals surface area contributed by atoms with Crippen LogP contribution in [0.3, 0.4) is 0 Å². The summed E-state index contributed by atoms with van der Waals surface area (Å²) < 4.78 is 0. The number of hydrogen-bond donors (Lipinski definition) is 4. The number of aliphatic hydroxyl groups is 1. The van der Waals surface area contributed by atoms with Gasteiger partial charge in [0, 0.05) is 18.7 Å². The molecule has 0 aromatic heterocycles. The van der Waals surface area contributed by atoms with Crippen LogP contribution in [0.5, 0.6) is 0 Å². The van der Waals surface area contributed by atoms with Crippen molar-refractivity contribution in [2.45, 2.75) is 25.1 Å². The SMILES string of the molecule is NC(=O)c1cccc(CNC(=O)C2CC(O)CN2)c1. The van der Waals surface area contributed by atoms with E-state index in [4.69, 9.17) is 5.73 Å². The van der Waals surface area contributed by atoms with Gasteiger partial charge in [-0.1, -0.05) is 12.1 Å². The largest absolute Gasteiger partial charge is 0.392 e. The van der Waals surface area contributed by atoms with E-state index in [1.165, 1.54) is 0 Å². The molecule has 6 heteroatoms. The molecular formula is C13H17N3O3. The average molecular weight is 263 g/mol. The predicted molar refractivity (Wildman–Crippen MR) is 69.2 cm³/mol. The van der Waals surface area contributed by atoms with Gasteiger partial charge in [-0.25, -0.2) is 0 Å². The normalized spacial score (nSPS) is 22.2. The van der Waals surface area contributed by atoms with Gasteiger partial charge in [0.05, 0.1) is 12.1 Å². The van der Waals surface area contributed by atoms with E-state index in [0.717, 1.165) is 5.56 Å². The van der Waals surface area contributed by atoms with Gasteiger partial charge in [-0.3, -0.25) is 9.59 Å². The molecule has 1 saturated heterocycles. The molecule has 5 N–H and O–H groups in total. The Kier molecular flexibility index (Phi) is 4.13. The van der Waals surface area contributed by atoms with E-state index in [-0.39, 0.29) is 11.9 Å². The van der Waals surface area contributed by atoms with Crippen LogP contribution in [-0.4, -0.2) is 35.6 Å². The summed E-state index contributed by atoms with van der Waals surface area (Å²) in [4.78, 5) is 22.8. The number of carbonyl (C=O) groups is 2. The molecule has 2 atom stereocenters. The highest BCUT2D eigenvalue weighted by Gasteiger charge is 2.27. The molecule has 0 radical (unpaired) electrons. The van der Waals surface area contributed by atoms with E-state index in [9.17, 15) is 14.7 Å². The molecule has 1 fully saturated rings. The summed E-state index contributed by atoms with van der Waals surface area (Å²) in [5.41, 5.74) is 6.42. The minimum atomic E-state index is -0.492.